The van der Waals surface area contributed by atoms with E-state index in [0.29, 0.717) is 5.75 Å². The predicted octanol–water partition coefficient (Wildman–Crippen LogP) is 4.10. The van der Waals surface area contributed by atoms with Crippen LogP contribution in [0.3, 0.4) is 0 Å². The molecule has 0 spiro atoms. The van der Waals surface area contributed by atoms with Crippen molar-refractivity contribution in [2.45, 2.75) is 64.3 Å². The first-order valence-electron chi connectivity index (χ1n) is 7.24. The Kier molecular flexibility index (Phi) is 3.75. The van der Waals surface area contributed by atoms with E-state index in [4.69, 9.17) is 0 Å². The van der Waals surface area contributed by atoms with E-state index in [-0.39, 0.29) is 5.41 Å². The first-order valence-corrected chi connectivity index (χ1v) is 7.24. The Bertz CT molecular complexity index is 557. The number of aromatic hydroxyl groups is 1. The lowest BCUT2D eigenvalue weighted by Crippen LogP contribution is -2.22. The van der Waals surface area contributed by atoms with E-state index in [0.717, 1.165) is 42.4 Å². The van der Waals surface area contributed by atoms with Gasteiger partial charge in [0.2, 0.25) is 6.08 Å². The first-order chi connectivity index (χ1) is 9.32. The zero-order valence-corrected chi connectivity index (χ0v) is 12.8. The Morgan fingerprint density at radius 2 is 1.85 bits per heavy atom. The molecule has 0 aromatic heterocycles. The summed E-state index contributed by atoms with van der Waals surface area (Å²) >= 11 is 0. The summed E-state index contributed by atoms with van der Waals surface area (Å²) in [6.45, 7) is 8.20. The molecule has 0 bridgehead atoms. The molecule has 1 fully saturated rings. The second-order valence-corrected chi connectivity index (χ2v) is 6.85. The van der Waals surface area contributed by atoms with E-state index in [1.165, 1.54) is 0 Å². The molecule has 0 saturated heterocycles. The van der Waals surface area contributed by atoms with Crippen molar-refractivity contribution in [2.24, 2.45) is 4.99 Å². The number of benzene rings is 1. The lowest BCUT2D eigenvalue weighted by Gasteiger charge is -2.30. The second-order valence-electron chi connectivity index (χ2n) is 6.85. The third-order valence-electron chi connectivity index (χ3n) is 4.35. The van der Waals surface area contributed by atoms with Gasteiger partial charge in [-0.15, -0.1) is 0 Å². The van der Waals surface area contributed by atoms with E-state index in [2.05, 4.69) is 25.8 Å². The standard InChI is InChI=1S/C17H23NO2/c1-12-7-8-13(16(2,3)4)15(20)14(12)17(18-11-19)9-5-6-10-17/h7-8,20H,5-6,9-10H2,1-4H3. The molecular weight excluding hydrogens is 250 g/mol. The molecule has 3 heteroatoms. The van der Waals surface area contributed by atoms with Crippen molar-refractivity contribution in [2.75, 3.05) is 0 Å². The van der Waals surface area contributed by atoms with Crippen molar-refractivity contribution in [3.05, 3.63) is 28.8 Å². The number of aliphatic imine (C=N–C) groups is 1. The molecule has 1 saturated carbocycles. The van der Waals surface area contributed by atoms with Gasteiger partial charge in [-0.3, -0.25) is 0 Å². The van der Waals surface area contributed by atoms with Gasteiger partial charge < -0.3 is 5.11 Å². The summed E-state index contributed by atoms with van der Waals surface area (Å²) in [5.41, 5.74) is 2.02. The van der Waals surface area contributed by atoms with Gasteiger partial charge in [0.05, 0.1) is 0 Å². The Labute approximate surface area is 120 Å². The van der Waals surface area contributed by atoms with E-state index in [9.17, 15) is 9.90 Å². The molecule has 3 nitrogen and oxygen atoms in total. The maximum absolute atomic E-state index is 10.9. The smallest absolute Gasteiger partial charge is 0.235 e. The van der Waals surface area contributed by atoms with Crippen LogP contribution in [0.2, 0.25) is 0 Å². The SMILES string of the molecule is Cc1ccc(C(C)(C)C)c(O)c1C1(N=C=O)CCCC1. The average molecular weight is 273 g/mol. The quantitative estimate of drug-likeness (QED) is 0.651. The van der Waals surface area contributed by atoms with Crippen LogP contribution in [0.15, 0.2) is 17.1 Å². The average Bonchev–Trinajstić information content (AvgIpc) is 2.77. The van der Waals surface area contributed by atoms with Gasteiger partial charge in [-0.25, -0.2) is 4.79 Å². The fourth-order valence-corrected chi connectivity index (χ4v) is 3.35. The zero-order chi connectivity index (χ0) is 15.0. The van der Waals surface area contributed by atoms with E-state index < -0.39 is 5.54 Å². The van der Waals surface area contributed by atoms with Gasteiger partial charge in [0, 0.05) is 5.56 Å². The number of aryl methyl sites for hydroxylation is 1. The van der Waals surface area contributed by atoms with Crippen LogP contribution in [0.25, 0.3) is 0 Å². The molecule has 0 heterocycles. The molecule has 0 unspecified atom stereocenters. The van der Waals surface area contributed by atoms with Crippen LogP contribution in [0.4, 0.5) is 0 Å². The molecule has 1 aliphatic carbocycles. The van der Waals surface area contributed by atoms with Crippen molar-refractivity contribution in [3.63, 3.8) is 0 Å². The first kappa shape index (κ1) is 14.8. The van der Waals surface area contributed by atoms with Gasteiger partial charge in [0.25, 0.3) is 0 Å². The molecule has 1 aromatic carbocycles. The number of hydrogen-bond donors (Lipinski definition) is 1. The van der Waals surface area contributed by atoms with E-state index >= 15 is 0 Å². The monoisotopic (exact) mass is 273 g/mol. The van der Waals surface area contributed by atoms with Crippen LogP contribution in [-0.2, 0) is 15.7 Å². The molecule has 108 valence electrons. The maximum Gasteiger partial charge on any atom is 0.235 e. The van der Waals surface area contributed by atoms with Gasteiger partial charge >= 0.3 is 0 Å². The minimum absolute atomic E-state index is 0.142. The largest absolute Gasteiger partial charge is 0.507 e. The normalized spacial score (nSPS) is 17.8. The molecule has 1 aromatic rings. The Balaban J connectivity index is 2.70. The summed E-state index contributed by atoms with van der Waals surface area (Å²) in [5, 5.41) is 10.8. The van der Waals surface area contributed by atoms with Gasteiger partial charge in [0.1, 0.15) is 11.3 Å². The molecule has 20 heavy (non-hydrogen) atoms. The Morgan fingerprint density at radius 1 is 1.25 bits per heavy atom. The van der Waals surface area contributed by atoms with E-state index in [1.807, 2.05) is 19.1 Å². The molecule has 0 amide bonds. The van der Waals surface area contributed by atoms with Crippen molar-refractivity contribution >= 4 is 6.08 Å². The maximum atomic E-state index is 10.9. The van der Waals surface area contributed by atoms with Crippen LogP contribution in [-0.4, -0.2) is 11.2 Å². The highest BCUT2D eigenvalue weighted by Crippen LogP contribution is 2.49. The molecule has 0 radical (unpaired) electrons. The highest BCUT2D eigenvalue weighted by atomic mass is 16.3. The van der Waals surface area contributed by atoms with Crippen LogP contribution >= 0.6 is 0 Å². The highest BCUT2D eigenvalue weighted by molar-refractivity contribution is 5.53. The molecule has 1 aliphatic rings. The lowest BCUT2D eigenvalue weighted by molar-refractivity contribution is 0.393. The Morgan fingerprint density at radius 3 is 2.35 bits per heavy atom. The third kappa shape index (κ3) is 2.38. The third-order valence-corrected chi connectivity index (χ3v) is 4.35. The number of carbonyl (C=O) groups excluding carboxylic acids is 1. The van der Waals surface area contributed by atoms with Crippen LogP contribution in [0.5, 0.6) is 5.75 Å². The lowest BCUT2D eigenvalue weighted by atomic mass is 9.78. The molecule has 0 aliphatic heterocycles. The van der Waals surface area contributed by atoms with Gasteiger partial charge in [-0.05, 0) is 36.3 Å². The van der Waals surface area contributed by atoms with Crippen LogP contribution < -0.4 is 0 Å². The van der Waals surface area contributed by atoms with E-state index in [1.54, 1.807) is 6.08 Å². The number of rotatable bonds is 2. The van der Waals surface area contributed by atoms with Crippen LogP contribution in [0, 0.1) is 6.92 Å². The topological polar surface area (TPSA) is 49.7 Å². The minimum Gasteiger partial charge on any atom is -0.507 e. The van der Waals surface area contributed by atoms with Crippen molar-refractivity contribution in [1.29, 1.82) is 0 Å². The molecular formula is C17H23NO2. The molecule has 1 N–H and O–H groups in total. The summed E-state index contributed by atoms with van der Waals surface area (Å²) in [4.78, 5) is 15.0. The van der Waals surface area contributed by atoms with Crippen molar-refractivity contribution < 1.29 is 9.90 Å². The number of hydrogen-bond acceptors (Lipinski definition) is 3. The minimum atomic E-state index is -0.572. The summed E-state index contributed by atoms with van der Waals surface area (Å²) in [5.74, 6) is 0.304. The summed E-state index contributed by atoms with van der Waals surface area (Å²) in [7, 11) is 0. The molecule has 2 rings (SSSR count). The highest BCUT2D eigenvalue weighted by Gasteiger charge is 2.40. The summed E-state index contributed by atoms with van der Waals surface area (Å²) < 4.78 is 0. The predicted molar refractivity (Wildman–Crippen MR) is 79.8 cm³/mol. The number of phenolic OH excluding ortho intramolecular Hbond substituents is 1. The van der Waals surface area contributed by atoms with Gasteiger partial charge in [0.15, 0.2) is 0 Å². The Hall–Kier alpha value is -1.60. The van der Waals surface area contributed by atoms with Crippen LogP contribution in [0.1, 0.15) is 63.1 Å². The zero-order valence-electron chi connectivity index (χ0n) is 12.8. The van der Waals surface area contributed by atoms with Gasteiger partial charge in [-0.1, -0.05) is 45.7 Å². The number of isocyanates is 1. The fourth-order valence-electron chi connectivity index (χ4n) is 3.35. The van der Waals surface area contributed by atoms with Crippen molar-refractivity contribution in [3.8, 4) is 5.75 Å². The fraction of sp³-hybridized carbons (Fsp3) is 0.588. The number of phenols is 1. The van der Waals surface area contributed by atoms with Gasteiger partial charge in [-0.2, -0.15) is 4.99 Å². The summed E-state index contributed by atoms with van der Waals surface area (Å²) in [6, 6.07) is 4.00. The molecule has 0 atom stereocenters. The number of nitrogens with zero attached hydrogens (tertiary/aromatic N) is 1. The van der Waals surface area contributed by atoms with Crippen molar-refractivity contribution in [1.82, 2.24) is 0 Å². The second kappa shape index (κ2) is 5.06. The summed E-state index contributed by atoms with van der Waals surface area (Å²) in [6.07, 6.45) is 5.41.